The lowest BCUT2D eigenvalue weighted by molar-refractivity contribution is -0.137. The normalized spacial score (nSPS) is 13.8. The van der Waals surface area contributed by atoms with Crippen molar-refractivity contribution in [2.24, 2.45) is 5.41 Å². The SMILES string of the molecule is CC(C)(C)[C@@H](c1ccc(C(F)(F)F)cc1)n1nc(CO)c2c(=O)[nH]c(=O)[nH]c21. The van der Waals surface area contributed by atoms with Gasteiger partial charge in [-0.25, -0.2) is 9.48 Å². The molecule has 0 aliphatic carbocycles. The number of aromatic nitrogens is 4. The Balaban J connectivity index is 2.28. The van der Waals surface area contributed by atoms with Gasteiger partial charge in [0.05, 0.1) is 18.2 Å². The maximum Gasteiger partial charge on any atom is 0.416 e. The predicted molar refractivity (Wildman–Crippen MR) is 95.9 cm³/mol. The molecule has 0 bridgehead atoms. The average Bonchev–Trinajstić information content (AvgIpc) is 2.92. The summed E-state index contributed by atoms with van der Waals surface area (Å²) < 4.78 is 40.1. The van der Waals surface area contributed by atoms with Crippen LogP contribution in [0.25, 0.3) is 11.0 Å². The summed E-state index contributed by atoms with van der Waals surface area (Å²) in [7, 11) is 0. The zero-order valence-corrected chi connectivity index (χ0v) is 15.4. The number of nitrogens with zero attached hydrogens (tertiary/aromatic N) is 2. The Bertz CT molecular complexity index is 1120. The molecule has 3 N–H and O–H groups in total. The first kappa shape index (κ1) is 19.9. The lowest BCUT2D eigenvalue weighted by atomic mass is 9.82. The van der Waals surface area contributed by atoms with Crippen LogP contribution >= 0.6 is 0 Å². The van der Waals surface area contributed by atoms with Gasteiger partial charge >= 0.3 is 11.9 Å². The second-order valence-electron chi connectivity index (χ2n) is 7.57. The molecule has 2 aromatic heterocycles. The molecule has 7 nitrogen and oxygen atoms in total. The van der Waals surface area contributed by atoms with E-state index in [1.165, 1.54) is 16.8 Å². The summed E-state index contributed by atoms with van der Waals surface area (Å²) in [6.45, 7) is 5.02. The van der Waals surface area contributed by atoms with Gasteiger partial charge in [0.25, 0.3) is 5.56 Å². The lowest BCUT2D eigenvalue weighted by Gasteiger charge is -2.32. The first-order valence-corrected chi connectivity index (χ1v) is 8.45. The first-order chi connectivity index (χ1) is 12.9. The zero-order valence-electron chi connectivity index (χ0n) is 15.4. The fraction of sp³-hybridized carbons (Fsp3) is 0.389. The van der Waals surface area contributed by atoms with E-state index in [-0.39, 0.29) is 16.7 Å². The van der Waals surface area contributed by atoms with Crippen molar-refractivity contribution in [2.75, 3.05) is 0 Å². The highest BCUT2D eigenvalue weighted by Gasteiger charge is 2.34. The third-order valence-corrected chi connectivity index (χ3v) is 4.44. The zero-order chi connectivity index (χ0) is 20.9. The number of aliphatic hydroxyl groups excluding tert-OH is 1. The highest BCUT2D eigenvalue weighted by molar-refractivity contribution is 5.77. The summed E-state index contributed by atoms with van der Waals surface area (Å²) in [6, 6.07) is 4.02. The van der Waals surface area contributed by atoms with Crippen molar-refractivity contribution in [3.05, 3.63) is 61.9 Å². The standard InChI is InChI=1S/C18H19F3N4O3/c1-17(2,3)13(9-4-6-10(7-5-9)18(19,20)21)25-14-12(11(8-26)24-25)15(27)23-16(28)22-14/h4-7,13,26H,8H2,1-3H3,(H2,22,23,27,28)/t13-/m1/s1. The number of H-pyrrole nitrogens is 2. The monoisotopic (exact) mass is 396 g/mol. The number of nitrogens with one attached hydrogen (secondary N) is 2. The van der Waals surface area contributed by atoms with Crippen LogP contribution in [0.3, 0.4) is 0 Å². The summed E-state index contributed by atoms with van der Waals surface area (Å²) in [5.74, 6) is 0. The van der Waals surface area contributed by atoms with Gasteiger partial charge in [0.2, 0.25) is 0 Å². The van der Waals surface area contributed by atoms with E-state index in [0.29, 0.717) is 5.56 Å². The Labute approximate surface area is 156 Å². The van der Waals surface area contributed by atoms with Crippen molar-refractivity contribution in [1.82, 2.24) is 19.7 Å². The topological polar surface area (TPSA) is 104 Å². The molecule has 0 fully saturated rings. The first-order valence-electron chi connectivity index (χ1n) is 8.45. The minimum atomic E-state index is -4.46. The van der Waals surface area contributed by atoms with Crippen LogP contribution in [-0.4, -0.2) is 24.9 Å². The molecule has 1 atom stereocenters. The Kier molecular flexibility index (Phi) is 4.70. The Morgan fingerprint density at radius 2 is 1.71 bits per heavy atom. The number of benzene rings is 1. The van der Waals surface area contributed by atoms with E-state index >= 15 is 0 Å². The summed E-state index contributed by atoms with van der Waals surface area (Å²) >= 11 is 0. The quantitative estimate of drug-likeness (QED) is 0.633. The van der Waals surface area contributed by atoms with Gasteiger partial charge in [-0.1, -0.05) is 32.9 Å². The van der Waals surface area contributed by atoms with E-state index in [2.05, 4.69) is 15.1 Å². The van der Waals surface area contributed by atoms with Gasteiger partial charge in [-0.05, 0) is 23.1 Å². The van der Waals surface area contributed by atoms with Gasteiger partial charge < -0.3 is 5.11 Å². The molecule has 0 spiro atoms. The Morgan fingerprint density at radius 3 is 2.21 bits per heavy atom. The fourth-order valence-electron chi connectivity index (χ4n) is 3.30. The average molecular weight is 396 g/mol. The number of aromatic amines is 2. The summed E-state index contributed by atoms with van der Waals surface area (Å²) in [5, 5.41) is 13.9. The number of fused-ring (bicyclic) bond motifs is 1. The van der Waals surface area contributed by atoms with E-state index in [9.17, 15) is 27.9 Å². The summed E-state index contributed by atoms with van der Waals surface area (Å²) in [6.07, 6.45) is -4.46. The van der Waals surface area contributed by atoms with E-state index in [1.54, 1.807) is 0 Å². The summed E-state index contributed by atoms with van der Waals surface area (Å²) in [5.41, 5.74) is -2.11. The molecule has 0 saturated heterocycles. The van der Waals surface area contributed by atoms with Crippen molar-refractivity contribution < 1.29 is 18.3 Å². The Hall–Kier alpha value is -2.88. The lowest BCUT2D eigenvalue weighted by Crippen LogP contribution is -2.29. The highest BCUT2D eigenvalue weighted by atomic mass is 19.4. The van der Waals surface area contributed by atoms with E-state index in [4.69, 9.17) is 0 Å². The fourth-order valence-corrected chi connectivity index (χ4v) is 3.30. The van der Waals surface area contributed by atoms with Gasteiger partial charge in [-0.3, -0.25) is 14.8 Å². The van der Waals surface area contributed by atoms with Crippen molar-refractivity contribution in [1.29, 1.82) is 0 Å². The molecular formula is C18H19F3N4O3. The minimum Gasteiger partial charge on any atom is -0.390 e. The molecule has 150 valence electrons. The van der Waals surface area contributed by atoms with Gasteiger partial charge in [-0.2, -0.15) is 18.3 Å². The number of hydrogen-bond acceptors (Lipinski definition) is 4. The van der Waals surface area contributed by atoms with Gasteiger partial charge in [0.1, 0.15) is 16.7 Å². The van der Waals surface area contributed by atoms with Gasteiger partial charge in [-0.15, -0.1) is 0 Å². The van der Waals surface area contributed by atoms with E-state index < -0.39 is 41.1 Å². The van der Waals surface area contributed by atoms with Crippen LogP contribution in [0.2, 0.25) is 0 Å². The van der Waals surface area contributed by atoms with E-state index in [0.717, 1.165) is 12.1 Å². The summed E-state index contributed by atoms with van der Waals surface area (Å²) in [4.78, 5) is 28.6. The molecule has 0 saturated carbocycles. The number of alkyl halides is 3. The Morgan fingerprint density at radius 1 is 1.11 bits per heavy atom. The largest absolute Gasteiger partial charge is 0.416 e. The molecule has 0 aliphatic heterocycles. The van der Waals surface area contributed by atoms with Crippen LogP contribution in [0.5, 0.6) is 0 Å². The predicted octanol–water partition coefficient (Wildman–Crippen LogP) is 2.56. The molecule has 3 aromatic rings. The smallest absolute Gasteiger partial charge is 0.390 e. The van der Waals surface area contributed by atoms with Crippen molar-refractivity contribution in [2.45, 2.75) is 39.6 Å². The van der Waals surface area contributed by atoms with Crippen LogP contribution in [0.15, 0.2) is 33.9 Å². The molecule has 3 rings (SSSR count). The molecule has 10 heteroatoms. The molecule has 2 heterocycles. The van der Waals surface area contributed by atoms with Gasteiger partial charge in [0.15, 0.2) is 0 Å². The maximum absolute atomic E-state index is 12.9. The molecular weight excluding hydrogens is 377 g/mol. The molecule has 28 heavy (non-hydrogen) atoms. The maximum atomic E-state index is 12.9. The second-order valence-corrected chi connectivity index (χ2v) is 7.57. The van der Waals surface area contributed by atoms with Crippen LogP contribution in [0.1, 0.15) is 43.6 Å². The van der Waals surface area contributed by atoms with Gasteiger partial charge in [0, 0.05) is 0 Å². The number of halogens is 3. The third-order valence-electron chi connectivity index (χ3n) is 4.44. The molecule has 0 aliphatic rings. The van der Waals surface area contributed by atoms with Crippen LogP contribution in [0, 0.1) is 5.41 Å². The van der Waals surface area contributed by atoms with Crippen molar-refractivity contribution in [3.63, 3.8) is 0 Å². The van der Waals surface area contributed by atoms with Crippen LogP contribution in [-0.2, 0) is 12.8 Å². The van der Waals surface area contributed by atoms with Crippen LogP contribution < -0.4 is 11.2 Å². The molecule has 0 radical (unpaired) electrons. The number of aliphatic hydroxyl groups is 1. The van der Waals surface area contributed by atoms with Crippen molar-refractivity contribution >= 4 is 11.0 Å². The van der Waals surface area contributed by atoms with Crippen LogP contribution in [0.4, 0.5) is 13.2 Å². The second kappa shape index (κ2) is 6.62. The third kappa shape index (κ3) is 3.47. The molecule has 1 aromatic carbocycles. The number of hydrogen-bond donors (Lipinski definition) is 3. The van der Waals surface area contributed by atoms with E-state index in [1.807, 2.05) is 20.8 Å². The van der Waals surface area contributed by atoms with Crippen molar-refractivity contribution in [3.8, 4) is 0 Å². The number of rotatable bonds is 3. The highest BCUT2D eigenvalue weighted by Crippen LogP contribution is 2.39. The molecule has 0 amide bonds. The molecule has 0 unspecified atom stereocenters. The minimum absolute atomic E-state index is 0.0308.